The number of nitrogens with one attached hydrogen (secondary N) is 1. The highest BCUT2D eigenvalue weighted by Gasteiger charge is 2.26. The highest BCUT2D eigenvalue weighted by molar-refractivity contribution is 5.99. The van der Waals surface area contributed by atoms with E-state index in [9.17, 15) is 14.9 Å². The average Bonchev–Trinajstić information content (AvgIpc) is 2.46. The van der Waals surface area contributed by atoms with Crippen molar-refractivity contribution < 1.29 is 14.5 Å². The molecule has 0 atom stereocenters. The lowest BCUT2D eigenvalue weighted by Crippen LogP contribution is -2.40. The Morgan fingerprint density at radius 2 is 2.11 bits per heavy atom. The van der Waals surface area contributed by atoms with Crippen LogP contribution >= 0.6 is 0 Å². The van der Waals surface area contributed by atoms with Gasteiger partial charge in [0, 0.05) is 24.8 Å². The summed E-state index contributed by atoms with van der Waals surface area (Å²) >= 11 is 0. The Morgan fingerprint density at radius 1 is 1.42 bits per heavy atom. The number of hydrazine groups is 1. The fraction of sp³-hybridized carbons (Fsp3) is 0.364. The van der Waals surface area contributed by atoms with Crippen molar-refractivity contribution in [2.24, 2.45) is 5.84 Å². The second-order valence-electron chi connectivity index (χ2n) is 4.04. The van der Waals surface area contributed by atoms with Crippen molar-refractivity contribution in [1.29, 1.82) is 0 Å². The monoisotopic (exact) mass is 266 g/mol. The molecule has 3 N–H and O–H groups in total. The van der Waals surface area contributed by atoms with E-state index in [1.54, 1.807) is 0 Å². The Morgan fingerprint density at radius 3 is 2.68 bits per heavy atom. The molecule has 1 aromatic carbocycles. The molecule has 1 aromatic rings. The summed E-state index contributed by atoms with van der Waals surface area (Å²) in [7, 11) is 0. The number of hydrogen-bond donors (Lipinski definition) is 2. The van der Waals surface area contributed by atoms with Crippen LogP contribution in [0, 0.1) is 10.1 Å². The van der Waals surface area contributed by atoms with Gasteiger partial charge in [-0.3, -0.25) is 20.8 Å². The summed E-state index contributed by atoms with van der Waals surface area (Å²) in [5.74, 6) is 4.88. The van der Waals surface area contributed by atoms with Gasteiger partial charge in [0.15, 0.2) is 0 Å². The molecule has 0 spiro atoms. The van der Waals surface area contributed by atoms with Crippen LogP contribution in [-0.2, 0) is 4.74 Å². The number of carbonyl (C=O) groups is 1. The fourth-order valence-electron chi connectivity index (χ4n) is 1.89. The first-order valence-electron chi connectivity index (χ1n) is 5.75. The number of anilines is 1. The molecular weight excluding hydrogens is 252 g/mol. The third kappa shape index (κ3) is 2.80. The van der Waals surface area contributed by atoms with Crippen molar-refractivity contribution in [1.82, 2.24) is 4.90 Å². The maximum absolute atomic E-state index is 12.3. The molecule has 8 nitrogen and oxygen atoms in total. The summed E-state index contributed by atoms with van der Waals surface area (Å²) in [6.07, 6.45) is 0. The normalized spacial score (nSPS) is 15.1. The van der Waals surface area contributed by atoms with Gasteiger partial charge >= 0.3 is 0 Å². The molecule has 1 amide bonds. The van der Waals surface area contributed by atoms with Crippen LogP contribution in [0.1, 0.15) is 10.4 Å². The number of morpholine rings is 1. The van der Waals surface area contributed by atoms with Gasteiger partial charge in [-0.15, -0.1) is 0 Å². The standard InChI is InChI=1S/C11H14N4O4/c12-13-8-1-2-10(15(17)18)9(7-8)11(16)14-3-5-19-6-4-14/h1-2,7,13H,3-6,12H2. The first-order valence-corrected chi connectivity index (χ1v) is 5.75. The van der Waals surface area contributed by atoms with Crippen LogP contribution in [-0.4, -0.2) is 42.0 Å². The van der Waals surface area contributed by atoms with Gasteiger partial charge in [-0.2, -0.15) is 0 Å². The van der Waals surface area contributed by atoms with Crippen molar-refractivity contribution in [2.75, 3.05) is 31.7 Å². The molecule has 1 fully saturated rings. The lowest BCUT2D eigenvalue weighted by Gasteiger charge is -2.26. The minimum absolute atomic E-state index is 0.0300. The highest BCUT2D eigenvalue weighted by Crippen LogP contribution is 2.24. The molecule has 2 rings (SSSR count). The molecule has 1 heterocycles. The summed E-state index contributed by atoms with van der Waals surface area (Å²) in [5.41, 5.74) is 2.62. The van der Waals surface area contributed by atoms with Crippen molar-refractivity contribution in [2.45, 2.75) is 0 Å². The van der Waals surface area contributed by atoms with Crippen LogP contribution in [0.5, 0.6) is 0 Å². The van der Waals surface area contributed by atoms with Crippen LogP contribution in [0.2, 0.25) is 0 Å². The molecule has 1 saturated heterocycles. The number of amides is 1. The number of nitro benzene ring substituents is 1. The van der Waals surface area contributed by atoms with Crippen LogP contribution < -0.4 is 11.3 Å². The summed E-state index contributed by atoms with van der Waals surface area (Å²) < 4.78 is 5.15. The topological polar surface area (TPSA) is 111 Å². The number of nitrogens with two attached hydrogens (primary N) is 1. The molecule has 0 aliphatic carbocycles. The predicted molar refractivity (Wildman–Crippen MR) is 67.6 cm³/mol. The number of ether oxygens (including phenoxy) is 1. The van der Waals surface area contributed by atoms with Gasteiger partial charge in [-0.25, -0.2) is 0 Å². The molecule has 1 aliphatic rings. The summed E-state index contributed by atoms with van der Waals surface area (Å²) in [5, 5.41) is 11.0. The number of nitrogen functional groups attached to an aromatic ring is 1. The van der Waals surface area contributed by atoms with E-state index in [0.717, 1.165) is 0 Å². The quantitative estimate of drug-likeness (QED) is 0.464. The molecule has 0 saturated carbocycles. The third-order valence-electron chi connectivity index (χ3n) is 2.89. The zero-order chi connectivity index (χ0) is 13.8. The zero-order valence-electron chi connectivity index (χ0n) is 10.2. The number of nitrogens with zero attached hydrogens (tertiary/aromatic N) is 2. The molecule has 0 bridgehead atoms. The maximum atomic E-state index is 12.3. The van der Waals surface area contributed by atoms with Gasteiger partial charge in [-0.1, -0.05) is 0 Å². The Labute approximate surface area is 109 Å². The van der Waals surface area contributed by atoms with Crippen LogP contribution in [0.3, 0.4) is 0 Å². The highest BCUT2D eigenvalue weighted by atomic mass is 16.6. The Kier molecular flexibility index (Phi) is 3.93. The van der Waals surface area contributed by atoms with Crippen molar-refractivity contribution in [3.8, 4) is 0 Å². The van der Waals surface area contributed by atoms with Crippen LogP contribution in [0.4, 0.5) is 11.4 Å². The molecule has 0 radical (unpaired) electrons. The fourth-order valence-corrected chi connectivity index (χ4v) is 1.89. The van der Waals surface area contributed by atoms with Gasteiger partial charge in [-0.05, 0) is 12.1 Å². The van der Waals surface area contributed by atoms with E-state index in [-0.39, 0.29) is 17.2 Å². The third-order valence-corrected chi connectivity index (χ3v) is 2.89. The van der Waals surface area contributed by atoms with Gasteiger partial charge < -0.3 is 15.1 Å². The van der Waals surface area contributed by atoms with Gasteiger partial charge in [0.05, 0.1) is 18.1 Å². The Hall–Kier alpha value is -2.19. The molecule has 19 heavy (non-hydrogen) atoms. The van der Waals surface area contributed by atoms with E-state index in [2.05, 4.69) is 5.43 Å². The summed E-state index contributed by atoms with van der Waals surface area (Å²) in [6, 6.07) is 4.10. The van der Waals surface area contributed by atoms with E-state index < -0.39 is 4.92 Å². The number of rotatable bonds is 3. The van der Waals surface area contributed by atoms with Gasteiger partial charge in [0.1, 0.15) is 5.56 Å². The van der Waals surface area contributed by atoms with Crippen molar-refractivity contribution >= 4 is 17.3 Å². The Balaban J connectivity index is 2.34. The summed E-state index contributed by atoms with van der Waals surface area (Å²) in [6.45, 7) is 1.73. The molecule has 102 valence electrons. The van der Waals surface area contributed by atoms with E-state index in [4.69, 9.17) is 10.6 Å². The van der Waals surface area contributed by atoms with Crippen molar-refractivity contribution in [3.63, 3.8) is 0 Å². The van der Waals surface area contributed by atoms with Crippen LogP contribution in [0.15, 0.2) is 18.2 Å². The van der Waals surface area contributed by atoms with E-state index >= 15 is 0 Å². The largest absolute Gasteiger partial charge is 0.378 e. The number of nitro groups is 1. The first kappa shape index (κ1) is 13.2. The SMILES string of the molecule is NNc1ccc([N+](=O)[O-])c(C(=O)N2CCOCC2)c1. The second kappa shape index (κ2) is 5.63. The lowest BCUT2D eigenvalue weighted by molar-refractivity contribution is -0.385. The van der Waals surface area contributed by atoms with E-state index in [1.165, 1.54) is 23.1 Å². The Bertz CT molecular complexity index is 499. The minimum Gasteiger partial charge on any atom is -0.378 e. The smallest absolute Gasteiger partial charge is 0.282 e. The summed E-state index contributed by atoms with van der Waals surface area (Å²) in [4.78, 5) is 24.2. The molecule has 1 aliphatic heterocycles. The van der Waals surface area contributed by atoms with E-state index in [0.29, 0.717) is 32.0 Å². The van der Waals surface area contributed by atoms with Gasteiger partial charge in [0.2, 0.25) is 0 Å². The van der Waals surface area contributed by atoms with Crippen LogP contribution in [0.25, 0.3) is 0 Å². The number of hydrogen-bond acceptors (Lipinski definition) is 6. The molecule has 8 heteroatoms. The lowest BCUT2D eigenvalue weighted by atomic mass is 10.1. The molecule has 0 aromatic heterocycles. The van der Waals surface area contributed by atoms with E-state index in [1.807, 2.05) is 0 Å². The average molecular weight is 266 g/mol. The van der Waals surface area contributed by atoms with Crippen molar-refractivity contribution in [3.05, 3.63) is 33.9 Å². The zero-order valence-corrected chi connectivity index (χ0v) is 10.2. The second-order valence-corrected chi connectivity index (χ2v) is 4.04. The maximum Gasteiger partial charge on any atom is 0.282 e. The number of carbonyl (C=O) groups excluding carboxylic acids is 1. The molecular formula is C11H14N4O4. The first-order chi connectivity index (χ1) is 9.13. The predicted octanol–water partition coefficient (Wildman–Crippen LogP) is 0.353. The minimum atomic E-state index is -0.575. The van der Waals surface area contributed by atoms with Gasteiger partial charge in [0.25, 0.3) is 11.6 Å². The molecule has 0 unspecified atom stereocenters. The number of benzene rings is 1.